The Labute approximate surface area is 126 Å². The molecule has 0 heterocycles. The van der Waals surface area contributed by atoms with E-state index in [1.165, 1.54) is 32.1 Å². The number of thioether (sulfide) groups is 1. The van der Waals surface area contributed by atoms with E-state index in [1.807, 2.05) is 31.7 Å². The molecule has 1 saturated carbocycles. The molecule has 0 amide bonds. The number of aryl methyl sites for hydroxylation is 2. The Bertz CT molecular complexity index is 476. The van der Waals surface area contributed by atoms with Crippen LogP contribution in [-0.4, -0.2) is 23.9 Å². The molecule has 1 aliphatic carbocycles. The van der Waals surface area contributed by atoms with E-state index in [1.54, 1.807) is 7.11 Å². The van der Waals surface area contributed by atoms with Crippen molar-refractivity contribution in [2.75, 3.05) is 12.9 Å². The molecular weight excluding hydrogens is 268 g/mol. The molecule has 1 aromatic rings. The number of hydrogen-bond acceptors (Lipinski definition) is 3. The number of benzene rings is 1. The summed E-state index contributed by atoms with van der Waals surface area (Å²) >= 11 is 1.83. The van der Waals surface area contributed by atoms with E-state index < -0.39 is 0 Å². The number of hydrogen-bond donors (Lipinski definition) is 0. The molecule has 0 saturated heterocycles. The largest absolute Gasteiger partial charge is 0.496 e. The molecule has 0 spiro atoms. The summed E-state index contributed by atoms with van der Waals surface area (Å²) in [6.07, 6.45) is 6.53. The first-order valence-electron chi connectivity index (χ1n) is 7.42. The van der Waals surface area contributed by atoms with Crippen LogP contribution in [0.25, 0.3) is 0 Å². The summed E-state index contributed by atoms with van der Waals surface area (Å²) in [5, 5.41) is 0.671. The Balaban J connectivity index is 2.04. The molecule has 1 fully saturated rings. The lowest BCUT2D eigenvalue weighted by atomic mass is 10.0. The van der Waals surface area contributed by atoms with Crippen molar-refractivity contribution in [3.63, 3.8) is 0 Å². The van der Waals surface area contributed by atoms with Crippen molar-refractivity contribution in [3.05, 3.63) is 28.8 Å². The molecule has 2 nitrogen and oxygen atoms in total. The minimum atomic E-state index is 0.204. The first-order valence-corrected chi connectivity index (χ1v) is 8.46. The van der Waals surface area contributed by atoms with Crippen LogP contribution in [0.5, 0.6) is 5.75 Å². The highest BCUT2D eigenvalue weighted by atomic mass is 32.2. The Hall–Kier alpha value is -0.960. The maximum atomic E-state index is 12.5. The van der Waals surface area contributed by atoms with Gasteiger partial charge < -0.3 is 4.74 Å². The smallest absolute Gasteiger partial charge is 0.176 e. The molecule has 0 aliphatic heterocycles. The Morgan fingerprint density at radius 2 is 1.95 bits per heavy atom. The zero-order chi connectivity index (χ0) is 14.5. The van der Waals surface area contributed by atoms with Gasteiger partial charge in [-0.15, -0.1) is 0 Å². The quantitative estimate of drug-likeness (QED) is 0.744. The number of ether oxygens (including phenoxy) is 1. The third kappa shape index (κ3) is 3.78. The average Bonchev–Trinajstić information content (AvgIpc) is 2.45. The normalized spacial score (nSPS) is 16.1. The van der Waals surface area contributed by atoms with Crippen LogP contribution < -0.4 is 4.74 Å². The maximum Gasteiger partial charge on any atom is 0.176 e. The van der Waals surface area contributed by atoms with Crippen LogP contribution in [0, 0.1) is 13.8 Å². The summed E-state index contributed by atoms with van der Waals surface area (Å²) in [4.78, 5) is 12.5. The van der Waals surface area contributed by atoms with Crippen LogP contribution >= 0.6 is 11.8 Å². The highest BCUT2D eigenvalue weighted by Crippen LogP contribution is 2.31. The number of methoxy groups -OCH3 is 1. The fraction of sp³-hybridized carbons (Fsp3) is 0.588. The van der Waals surface area contributed by atoms with E-state index in [4.69, 9.17) is 4.74 Å². The van der Waals surface area contributed by atoms with Crippen LogP contribution in [0.3, 0.4) is 0 Å². The molecule has 0 bridgehead atoms. The van der Waals surface area contributed by atoms with Gasteiger partial charge in [0.2, 0.25) is 0 Å². The summed E-state index contributed by atoms with van der Waals surface area (Å²) in [5.41, 5.74) is 2.92. The van der Waals surface area contributed by atoms with Crippen molar-refractivity contribution in [3.8, 4) is 5.75 Å². The molecule has 0 aromatic heterocycles. The number of rotatable bonds is 5. The van der Waals surface area contributed by atoms with E-state index in [0.717, 1.165) is 22.4 Å². The van der Waals surface area contributed by atoms with Crippen LogP contribution in [0.4, 0.5) is 0 Å². The minimum Gasteiger partial charge on any atom is -0.496 e. The highest BCUT2D eigenvalue weighted by molar-refractivity contribution is 8.00. The highest BCUT2D eigenvalue weighted by Gasteiger charge is 2.19. The molecule has 0 unspecified atom stereocenters. The summed E-state index contributed by atoms with van der Waals surface area (Å²) in [6.45, 7) is 4.02. The van der Waals surface area contributed by atoms with E-state index >= 15 is 0 Å². The van der Waals surface area contributed by atoms with Gasteiger partial charge in [0.1, 0.15) is 5.75 Å². The maximum absolute atomic E-state index is 12.5. The van der Waals surface area contributed by atoms with E-state index in [-0.39, 0.29) is 5.78 Å². The van der Waals surface area contributed by atoms with Crippen molar-refractivity contribution in [2.45, 2.75) is 51.2 Å². The Kier molecular flexibility index (Phi) is 5.53. The van der Waals surface area contributed by atoms with Crippen LogP contribution in [-0.2, 0) is 0 Å². The monoisotopic (exact) mass is 292 g/mol. The third-order valence-electron chi connectivity index (χ3n) is 3.94. The van der Waals surface area contributed by atoms with Crippen molar-refractivity contribution in [2.24, 2.45) is 0 Å². The second kappa shape index (κ2) is 7.16. The first kappa shape index (κ1) is 15.4. The predicted octanol–water partition coefficient (Wildman–Crippen LogP) is 4.56. The second-order valence-corrected chi connectivity index (χ2v) is 6.94. The first-order chi connectivity index (χ1) is 9.61. The number of ketones is 1. The van der Waals surface area contributed by atoms with Gasteiger partial charge in [-0.2, -0.15) is 11.8 Å². The van der Waals surface area contributed by atoms with Gasteiger partial charge in [0.15, 0.2) is 5.78 Å². The summed E-state index contributed by atoms with van der Waals surface area (Å²) in [6, 6.07) is 4.01. The van der Waals surface area contributed by atoms with Gasteiger partial charge in [-0.05, 0) is 43.9 Å². The Morgan fingerprint density at radius 1 is 1.25 bits per heavy atom. The second-order valence-electron chi connectivity index (χ2n) is 5.65. The van der Waals surface area contributed by atoms with Crippen molar-refractivity contribution >= 4 is 17.5 Å². The number of carbonyl (C=O) groups excluding carboxylic acids is 1. The fourth-order valence-corrected chi connectivity index (χ4v) is 4.14. The number of Topliss-reactive ketones (excluding diaryl/α,β-unsaturated/α-hetero) is 1. The van der Waals surface area contributed by atoms with Crippen LogP contribution in [0.15, 0.2) is 12.1 Å². The SMILES string of the molecule is COc1cc(C)cc(C)c1C(=O)CSC1CCCCC1. The lowest BCUT2D eigenvalue weighted by Crippen LogP contribution is -2.13. The molecule has 0 atom stereocenters. The van der Waals surface area contributed by atoms with Gasteiger partial charge in [0, 0.05) is 5.25 Å². The van der Waals surface area contributed by atoms with Crippen LogP contribution in [0.2, 0.25) is 0 Å². The molecule has 3 heteroatoms. The molecule has 2 rings (SSSR count). The van der Waals surface area contributed by atoms with Gasteiger partial charge in [0.05, 0.1) is 18.4 Å². The summed E-state index contributed by atoms with van der Waals surface area (Å²) in [7, 11) is 1.64. The van der Waals surface area contributed by atoms with Crippen molar-refractivity contribution in [1.29, 1.82) is 0 Å². The van der Waals surface area contributed by atoms with Gasteiger partial charge in [-0.25, -0.2) is 0 Å². The summed E-state index contributed by atoms with van der Waals surface area (Å²) < 4.78 is 5.39. The van der Waals surface area contributed by atoms with Gasteiger partial charge in [0.25, 0.3) is 0 Å². The molecular formula is C17H24O2S. The molecule has 1 aliphatic rings. The Morgan fingerprint density at radius 3 is 2.60 bits per heavy atom. The average molecular weight is 292 g/mol. The van der Waals surface area contributed by atoms with Crippen LogP contribution in [0.1, 0.15) is 53.6 Å². The van der Waals surface area contributed by atoms with Gasteiger partial charge >= 0.3 is 0 Å². The standard InChI is InChI=1S/C17H24O2S/c1-12-9-13(2)17(16(10-12)19-3)15(18)11-20-14-7-5-4-6-8-14/h9-10,14H,4-8,11H2,1-3H3. The van der Waals surface area contributed by atoms with E-state index in [9.17, 15) is 4.79 Å². The molecule has 1 aromatic carbocycles. The zero-order valence-electron chi connectivity index (χ0n) is 12.7. The van der Waals surface area contributed by atoms with E-state index in [2.05, 4.69) is 6.07 Å². The van der Waals surface area contributed by atoms with Crippen molar-refractivity contribution < 1.29 is 9.53 Å². The topological polar surface area (TPSA) is 26.3 Å². The summed E-state index contributed by atoms with van der Waals surface area (Å²) in [5.74, 6) is 1.50. The molecule has 0 N–H and O–H groups in total. The lowest BCUT2D eigenvalue weighted by molar-refractivity contribution is 0.101. The number of carbonyl (C=O) groups is 1. The zero-order valence-corrected chi connectivity index (χ0v) is 13.5. The predicted molar refractivity (Wildman–Crippen MR) is 86.1 cm³/mol. The van der Waals surface area contributed by atoms with Gasteiger partial charge in [-0.1, -0.05) is 25.3 Å². The molecule has 0 radical (unpaired) electrons. The molecule has 20 heavy (non-hydrogen) atoms. The van der Waals surface area contributed by atoms with Gasteiger partial charge in [-0.3, -0.25) is 4.79 Å². The van der Waals surface area contributed by atoms with E-state index in [0.29, 0.717) is 11.0 Å². The third-order valence-corrected chi connectivity index (χ3v) is 5.32. The van der Waals surface area contributed by atoms with Crippen molar-refractivity contribution in [1.82, 2.24) is 0 Å². The fourth-order valence-electron chi connectivity index (χ4n) is 2.94. The minimum absolute atomic E-state index is 0.204. The molecule has 110 valence electrons. The lowest BCUT2D eigenvalue weighted by Gasteiger charge is -2.21.